The predicted molar refractivity (Wildman–Crippen MR) is 91.5 cm³/mol. The van der Waals surface area contributed by atoms with Gasteiger partial charge in [-0.3, -0.25) is 4.90 Å². The van der Waals surface area contributed by atoms with Crippen LogP contribution in [0, 0.1) is 0 Å². The third-order valence-corrected chi connectivity index (χ3v) is 5.86. The van der Waals surface area contributed by atoms with Gasteiger partial charge in [0, 0.05) is 16.8 Å². The Bertz CT molecular complexity index is 754. The molecule has 3 heterocycles. The molecule has 3 aromatic rings. The first-order chi connectivity index (χ1) is 11.3. The molecular formula is C16H18N4OS2. The number of fused-ring (bicyclic) bond motifs is 1. The van der Waals surface area contributed by atoms with Crippen LogP contribution in [0.1, 0.15) is 34.9 Å². The van der Waals surface area contributed by atoms with Crippen LogP contribution in [0.2, 0.25) is 0 Å². The number of hydrogen-bond acceptors (Lipinski definition) is 7. The Balaban J connectivity index is 1.45. The normalized spacial score (nSPS) is 14.3. The van der Waals surface area contributed by atoms with Gasteiger partial charge in [-0.05, 0) is 44.4 Å². The summed E-state index contributed by atoms with van der Waals surface area (Å²) in [6.45, 7) is 1.42. The van der Waals surface area contributed by atoms with Crippen LogP contribution in [0.5, 0.6) is 0 Å². The van der Waals surface area contributed by atoms with E-state index in [0.29, 0.717) is 18.3 Å². The van der Waals surface area contributed by atoms with Gasteiger partial charge in [-0.1, -0.05) is 0 Å². The van der Waals surface area contributed by atoms with Gasteiger partial charge in [-0.25, -0.2) is 4.98 Å². The van der Waals surface area contributed by atoms with E-state index < -0.39 is 0 Å². The molecule has 0 aromatic carbocycles. The van der Waals surface area contributed by atoms with Crippen LogP contribution < -0.4 is 0 Å². The fourth-order valence-electron chi connectivity index (χ4n) is 2.89. The number of hydrogen-bond donors (Lipinski definition) is 0. The first-order valence-corrected chi connectivity index (χ1v) is 9.54. The summed E-state index contributed by atoms with van der Waals surface area (Å²) in [4.78, 5) is 9.03. The van der Waals surface area contributed by atoms with Crippen LogP contribution in [-0.2, 0) is 25.9 Å². The fraction of sp³-hybridized carbons (Fsp3) is 0.438. The molecule has 0 amide bonds. The highest BCUT2D eigenvalue weighted by Gasteiger charge is 2.18. The number of aryl methyl sites for hydroxylation is 2. The molecule has 120 valence electrons. The van der Waals surface area contributed by atoms with Crippen molar-refractivity contribution >= 4 is 22.7 Å². The minimum Gasteiger partial charge on any atom is -0.419 e. The van der Waals surface area contributed by atoms with Crippen molar-refractivity contribution in [2.24, 2.45) is 0 Å². The molecule has 0 atom stereocenters. The minimum atomic E-state index is 0.635. The second-order valence-electron chi connectivity index (χ2n) is 5.92. The van der Waals surface area contributed by atoms with Crippen molar-refractivity contribution < 1.29 is 4.42 Å². The topological polar surface area (TPSA) is 55.1 Å². The predicted octanol–water partition coefficient (Wildman–Crippen LogP) is 3.77. The van der Waals surface area contributed by atoms with Crippen molar-refractivity contribution in [3.05, 3.63) is 39.0 Å². The quantitative estimate of drug-likeness (QED) is 0.704. The fourth-order valence-corrected chi connectivity index (χ4v) is 4.62. The van der Waals surface area contributed by atoms with E-state index in [1.807, 2.05) is 12.6 Å². The van der Waals surface area contributed by atoms with Crippen LogP contribution >= 0.6 is 22.7 Å². The zero-order valence-corrected chi connectivity index (χ0v) is 14.6. The van der Waals surface area contributed by atoms with Gasteiger partial charge in [-0.15, -0.1) is 32.9 Å². The molecule has 1 aliphatic rings. The monoisotopic (exact) mass is 346 g/mol. The van der Waals surface area contributed by atoms with Gasteiger partial charge in [0.2, 0.25) is 5.89 Å². The van der Waals surface area contributed by atoms with E-state index in [4.69, 9.17) is 4.42 Å². The number of thiazole rings is 1. The standard InChI is InChI=1S/C16H18N4OS2/c1-20(7-12-9-22-10-17-12)8-15-18-19-16(21-15)14-6-11-4-2-3-5-13(11)23-14/h6,9-10H,2-5,7-8H2,1H3. The molecule has 3 aromatic heterocycles. The second kappa shape index (κ2) is 6.51. The van der Waals surface area contributed by atoms with Crippen LogP contribution in [0.3, 0.4) is 0 Å². The van der Waals surface area contributed by atoms with Gasteiger partial charge in [-0.2, -0.15) is 0 Å². The smallest absolute Gasteiger partial charge is 0.257 e. The average Bonchev–Trinajstić information content (AvgIpc) is 3.26. The molecule has 23 heavy (non-hydrogen) atoms. The minimum absolute atomic E-state index is 0.635. The number of nitrogens with zero attached hydrogens (tertiary/aromatic N) is 4. The van der Waals surface area contributed by atoms with Gasteiger partial charge in [0.1, 0.15) is 0 Å². The van der Waals surface area contributed by atoms with Crippen LogP contribution in [0.15, 0.2) is 21.4 Å². The highest BCUT2D eigenvalue weighted by Crippen LogP contribution is 2.35. The molecule has 4 rings (SSSR count). The lowest BCUT2D eigenvalue weighted by Crippen LogP contribution is -2.17. The second-order valence-corrected chi connectivity index (χ2v) is 7.77. The van der Waals surface area contributed by atoms with E-state index in [1.165, 1.54) is 36.1 Å². The SMILES string of the molecule is CN(Cc1cscn1)Cc1nnc(-c2cc3c(s2)CCCC3)o1. The summed E-state index contributed by atoms with van der Waals surface area (Å²) in [5, 5.41) is 10.5. The maximum atomic E-state index is 5.87. The van der Waals surface area contributed by atoms with Crippen molar-refractivity contribution in [2.75, 3.05) is 7.05 Å². The van der Waals surface area contributed by atoms with Crippen LogP contribution in [0.25, 0.3) is 10.8 Å². The van der Waals surface area contributed by atoms with E-state index in [9.17, 15) is 0 Å². The molecule has 1 aliphatic carbocycles. The van der Waals surface area contributed by atoms with Crippen molar-refractivity contribution in [2.45, 2.75) is 38.8 Å². The van der Waals surface area contributed by atoms with Crippen molar-refractivity contribution in [1.29, 1.82) is 0 Å². The lowest BCUT2D eigenvalue weighted by atomic mass is 9.99. The van der Waals surface area contributed by atoms with Crippen molar-refractivity contribution in [3.8, 4) is 10.8 Å². The zero-order valence-electron chi connectivity index (χ0n) is 13.0. The summed E-state index contributed by atoms with van der Waals surface area (Å²) in [6.07, 6.45) is 4.96. The molecular weight excluding hydrogens is 328 g/mol. The van der Waals surface area contributed by atoms with E-state index in [1.54, 1.807) is 22.7 Å². The lowest BCUT2D eigenvalue weighted by molar-refractivity contribution is 0.280. The molecule has 0 unspecified atom stereocenters. The maximum absolute atomic E-state index is 5.87. The maximum Gasteiger partial charge on any atom is 0.257 e. The van der Waals surface area contributed by atoms with Crippen LogP contribution in [0.4, 0.5) is 0 Å². The first kappa shape index (κ1) is 15.0. The molecule has 5 nitrogen and oxygen atoms in total. The molecule has 0 saturated heterocycles. The average molecular weight is 346 g/mol. The summed E-state index contributed by atoms with van der Waals surface area (Å²) in [5.74, 6) is 1.31. The largest absolute Gasteiger partial charge is 0.419 e. The summed E-state index contributed by atoms with van der Waals surface area (Å²) in [7, 11) is 2.03. The number of thiophene rings is 1. The van der Waals surface area contributed by atoms with E-state index in [-0.39, 0.29) is 0 Å². The molecule has 0 N–H and O–H groups in total. The zero-order chi connectivity index (χ0) is 15.6. The Labute approximate surface area is 143 Å². The molecule has 7 heteroatoms. The van der Waals surface area contributed by atoms with Gasteiger partial charge in [0.25, 0.3) is 5.89 Å². The molecule has 0 saturated carbocycles. The summed E-state index contributed by atoms with van der Waals surface area (Å²) in [6, 6.07) is 2.23. The molecule has 0 radical (unpaired) electrons. The molecule has 0 spiro atoms. The highest BCUT2D eigenvalue weighted by atomic mass is 32.1. The number of rotatable bonds is 5. The Hall–Kier alpha value is -1.57. The Morgan fingerprint density at radius 1 is 1.22 bits per heavy atom. The van der Waals surface area contributed by atoms with E-state index in [2.05, 4.69) is 31.5 Å². The Kier molecular flexibility index (Phi) is 4.24. The summed E-state index contributed by atoms with van der Waals surface area (Å²) in [5.41, 5.74) is 4.40. The van der Waals surface area contributed by atoms with E-state index >= 15 is 0 Å². The molecule has 0 fully saturated rings. The van der Waals surface area contributed by atoms with Gasteiger partial charge in [0.05, 0.1) is 22.6 Å². The van der Waals surface area contributed by atoms with Gasteiger partial charge in [0.15, 0.2) is 0 Å². The highest BCUT2D eigenvalue weighted by molar-refractivity contribution is 7.15. The van der Waals surface area contributed by atoms with Crippen molar-refractivity contribution in [1.82, 2.24) is 20.1 Å². The van der Waals surface area contributed by atoms with Crippen molar-refractivity contribution in [3.63, 3.8) is 0 Å². The number of aromatic nitrogens is 3. The third-order valence-electron chi connectivity index (χ3n) is 3.99. The third kappa shape index (κ3) is 3.36. The summed E-state index contributed by atoms with van der Waals surface area (Å²) >= 11 is 3.42. The summed E-state index contributed by atoms with van der Waals surface area (Å²) < 4.78 is 5.87. The molecule has 0 bridgehead atoms. The lowest BCUT2D eigenvalue weighted by Gasteiger charge is -2.11. The van der Waals surface area contributed by atoms with Crippen LogP contribution in [-0.4, -0.2) is 27.1 Å². The molecule has 0 aliphatic heterocycles. The Morgan fingerprint density at radius 3 is 2.96 bits per heavy atom. The Morgan fingerprint density at radius 2 is 2.13 bits per heavy atom. The van der Waals surface area contributed by atoms with E-state index in [0.717, 1.165) is 17.1 Å². The van der Waals surface area contributed by atoms with Gasteiger partial charge >= 0.3 is 0 Å². The first-order valence-electron chi connectivity index (χ1n) is 7.78. The van der Waals surface area contributed by atoms with Gasteiger partial charge < -0.3 is 4.42 Å².